The molecule has 0 aromatic heterocycles. The Bertz CT molecular complexity index is 5020. The van der Waals surface area contributed by atoms with Crippen LogP contribution in [0.5, 0.6) is 0 Å². The number of hydrogen-bond donors (Lipinski definition) is 0. The second kappa shape index (κ2) is 22.7. The Morgan fingerprint density at radius 1 is 0.223 bits per heavy atom. The first kappa shape index (κ1) is 56.4. The Labute approximate surface area is 551 Å². The van der Waals surface area contributed by atoms with Gasteiger partial charge in [0.05, 0.1) is 22.7 Å². The highest BCUT2D eigenvalue weighted by Crippen LogP contribution is 2.54. The predicted octanol–water partition coefficient (Wildman–Crippen LogP) is 25.5. The normalized spacial score (nSPS) is 13.4. The van der Waals surface area contributed by atoms with Crippen LogP contribution in [0.25, 0.3) is 112 Å². The summed E-state index contributed by atoms with van der Waals surface area (Å²) in [6, 6.07) is 117. The van der Waals surface area contributed by atoms with Gasteiger partial charge in [-0.05, 0) is 159 Å². The summed E-state index contributed by atoms with van der Waals surface area (Å²) in [5, 5.41) is 9.80. The van der Waals surface area contributed by atoms with Crippen molar-refractivity contribution in [3.63, 3.8) is 0 Å². The molecule has 0 atom stereocenters. The van der Waals surface area contributed by atoms with Gasteiger partial charge in [-0.25, -0.2) is 0 Å². The molecule has 94 heavy (non-hydrogen) atoms. The fraction of sp³-hybridized carbons (Fsp3) is 0.0652. The van der Waals surface area contributed by atoms with Gasteiger partial charge in [0, 0.05) is 43.7 Å². The molecule has 15 aromatic rings. The van der Waals surface area contributed by atoms with E-state index in [1.165, 1.54) is 155 Å². The Morgan fingerprint density at radius 2 is 0.468 bits per heavy atom. The maximum absolute atomic E-state index is 2.47. The van der Waals surface area contributed by atoms with Gasteiger partial charge in [0.1, 0.15) is 0 Å². The topological polar surface area (TPSA) is 6.48 Å². The molecule has 2 aliphatic carbocycles. The molecule has 0 radical (unpaired) electrons. The molecule has 2 nitrogen and oxygen atoms in total. The standard InChI is InChI=1S/C92H68N2/c1-91(2)83-57-63(41-53-79(83)81-55-51-73(59-85(81)91)93(87-29-13-21-69-17-5-9-25-75(69)87)88-30-14-22-70-18-6-10-26-76(70)88)35-33-61-37-43-65(44-38-61)67-47-49-68(50-48-67)66-45-39-62(40-46-66)34-36-64-42-54-80-82-56-52-74(60-86(82)92(3,4)84(80)58-64)94(89-31-15-23-71-19-7-11-27-77(71)89)90-32-16-24-72-20-8-12-28-78(72)90/h5-60H,1-4H3/b35-33+,36-34+. The van der Waals surface area contributed by atoms with Crippen molar-refractivity contribution in [1.82, 2.24) is 0 Å². The quantitative estimate of drug-likeness (QED) is 0.113. The van der Waals surface area contributed by atoms with Gasteiger partial charge in [0.2, 0.25) is 0 Å². The van der Waals surface area contributed by atoms with Crippen LogP contribution in [0.15, 0.2) is 315 Å². The highest BCUT2D eigenvalue weighted by molar-refractivity contribution is 6.07. The fourth-order valence-electron chi connectivity index (χ4n) is 15.2. The lowest BCUT2D eigenvalue weighted by atomic mass is 9.81. The Balaban J connectivity index is 0.570. The summed E-state index contributed by atoms with van der Waals surface area (Å²) in [5.74, 6) is 0. The van der Waals surface area contributed by atoms with Crippen LogP contribution in [0.3, 0.4) is 0 Å². The molecule has 0 fully saturated rings. The molecular formula is C92H68N2. The minimum absolute atomic E-state index is 0.207. The number of benzene rings is 15. The van der Waals surface area contributed by atoms with Gasteiger partial charge in [-0.15, -0.1) is 0 Å². The van der Waals surface area contributed by atoms with Crippen LogP contribution in [0, 0.1) is 0 Å². The van der Waals surface area contributed by atoms with E-state index >= 15 is 0 Å². The zero-order valence-corrected chi connectivity index (χ0v) is 53.2. The molecule has 0 bridgehead atoms. The van der Waals surface area contributed by atoms with Crippen molar-refractivity contribution in [2.45, 2.75) is 38.5 Å². The highest BCUT2D eigenvalue weighted by Gasteiger charge is 2.38. The molecule has 0 heterocycles. The van der Waals surface area contributed by atoms with E-state index < -0.39 is 0 Å². The molecule has 2 heteroatoms. The molecule has 0 amide bonds. The van der Waals surface area contributed by atoms with Gasteiger partial charge in [0.15, 0.2) is 0 Å². The molecule has 2 aliphatic rings. The van der Waals surface area contributed by atoms with Crippen molar-refractivity contribution in [2.75, 3.05) is 9.80 Å². The lowest BCUT2D eigenvalue weighted by molar-refractivity contribution is 0.660. The van der Waals surface area contributed by atoms with E-state index in [0.717, 1.165) is 11.4 Å². The molecule has 0 N–H and O–H groups in total. The van der Waals surface area contributed by atoms with Crippen molar-refractivity contribution in [1.29, 1.82) is 0 Å². The summed E-state index contributed by atoms with van der Waals surface area (Å²) in [7, 11) is 0. The first-order chi connectivity index (χ1) is 46.1. The van der Waals surface area contributed by atoms with Gasteiger partial charge in [0.25, 0.3) is 0 Å². The zero-order valence-electron chi connectivity index (χ0n) is 53.2. The Kier molecular flexibility index (Phi) is 13.6. The molecule has 0 aliphatic heterocycles. The summed E-state index contributed by atoms with van der Waals surface area (Å²) in [6.07, 6.45) is 8.99. The second-order valence-corrected chi connectivity index (χ2v) is 26.5. The highest BCUT2D eigenvalue weighted by atomic mass is 15.2. The first-order valence-electron chi connectivity index (χ1n) is 32.9. The third-order valence-electron chi connectivity index (χ3n) is 20.2. The molecule has 446 valence electrons. The largest absolute Gasteiger partial charge is 0.309 e. The number of anilines is 6. The average Bonchev–Trinajstić information content (AvgIpc) is 1.55. The van der Waals surface area contributed by atoms with Crippen LogP contribution in [0.2, 0.25) is 0 Å². The number of hydrogen-bond acceptors (Lipinski definition) is 2. The smallest absolute Gasteiger partial charge is 0.0540 e. The van der Waals surface area contributed by atoms with Crippen LogP contribution in [0.4, 0.5) is 34.1 Å². The van der Waals surface area contributed by atoms with Gasteiger partial charge in [-0.3, -0.25) is 0 Å². The summed E-state index contributed by atoms with van der Waals surface area (Å²) in [4.78, 5) is 4.93. The van der Waals surface area contributed by atoms with E-state index in [4.69, 9.17) is 0 Å². The van der Waals surface area contributed by atoms with Crippen molar-refractivity contribution < 1.29 is 0 Å². The zero-order chi connectivity index (χ0) is 63.1. The van der Waals surface area contributed by atoms with Crippen LogP contribution in [0.1, 0.15) is 72.2 Å². The van der Waals surface area contributed by atoms with Crippen molar-refractivity contribution in [3.05, 3.63) is 360 Å². The van der Waals surface area contributed by atoms with Crippen LogP contribution < -0.4 is 9.80 Å². The maximum atomic E-state index is 2.47. The van der Waals surface area contributed by atoms with E-state index in [1.54, 1.807) is 0 Å². The van der Waals surface area contributed by atoms with Crippen molar-refractivity contribution >= 4 is 102 Å². The van der Waals surface area contributed by atoms with Crippen LogP contribution >= 0.6 is 0 Å². The molecule has 15 aromatic carbocycles. The lowest BCUT2D eigenvalue weighted by Crippen LogP contribution is -2.17. The van der Waals surface area contributed by atoms with E-state index in [9.17, 15) is 0 Å². The predicted molar refractivity (Wildman–Crippen MR) is 403 cm³/mol. The molecular weight excluding hydrogens is 1130 g/mol. The Morgan fingerprint density at radius 3 is 0.787 bits per heavy atom. The van der Waals surface area contributed by atoms with Gasteiger partial charge in [-0.1, -0.05) is 319 Å². The maximum Gasteiger partial charge on any atom is 0.0540 e. The summed E-state index contributed by atoms with van der Waals surface area (Å²) < 4.78 is 0. The summed E-state index contributed by atoms with van der Waals surface area (Å²) in [6.45, 7) is 9.53. The van der Waals surface area contributed by atoms with Crippen LogP contribution in [-0.2, 0) is 10.8 Å². The molecule has 17 rings (SSSR count). The van der Waals surface area contributed by atoms with Crippen LogP contribution in [-0.4, -0.2) is 0 Å². The Hall–Kier alpha value is -11.6. The molecule has 0 spiro atoms. The monoisotopic (exact) mass is 1200 g/mol. The number of nitrogens with zero attached hydrogens (tertiary/aromatic N) is 2. The van der Waals surface area contributed by atoms with Gasteiger partial charge >= 0.3 is 0 Å². The lowest BCUT2D eigenvalue weighted by Gasteiger charge is -2.30. The van der Waals surface area contributed by atoms with E-state index in [2.05, 4.69) is 377 Å². The van der Waals surface area contributed by atoms with E-state index in [1.807, 2.05) is 0 Å². The fourth-order valence-corrected chi connectivity index (χ4v) is 15.2. The van der Waals surface area contributed by atoms with Crippen molar-refractivity contribution in [3.8, 4) is 44.5 Å². The van der Waals surface area contributed by atoms with E-state index in [-0.39, 0.29) is 10.8 Å². The minimum atomic E-state index is -0.207. The summed E-state index contributed by atoms with van der Waals surface area (Å²) >= 11 is 0. The molecule has 0 unspecified atom stereocenters. The summed E-state index contributed by atoms with van der Waals surface area (Å²) in [5.41, 5.74) is 26.7. The third-order valence-corrected chi connectivity index (χ3v) is 20.2. The van der Waals surface area contributed by atoms with Gasteiger partial charge < -0.3 is 9.80 Å². The second-order valence-electron chi connectivity index (χ2n) is 26.5. The first-order valence-corrected chi connectivity index (χ1v) is 32.9. The third kappa shape index (κ3) is 9.72. The molecule has 0 saturated heterocycles. The van der Waals surface area contributed by atoms with Crippen molar-refractivity contribution in [2.24, 2.45) is 0 Å². The number of rotatable bonds is 12. The van der Waals surface area contributed by atoms with Gasteiger partial charge in [-0.2, -0.15) is 0 Å². The molecule has 0 saturated carbocycles. The van der Waals surface area contributed by atoms with E-state index in [0.29, 0.717) is 0 Å². The minimum Gasteiger partial charge on any atom is -0.309 e. The number of fused-ring (bicyclic) bond motifs is 10. The average molecular weight is 1200 g/mol. The SMILES string of the molecule is CC1(C)c2cc(/C=C/c3ccc(-c4ccc(-c5ccc(/C=C/c6ccc7c(c6)C(C)(C)c6cc(N(c8cccc9ccccc89)c8cccc9ccccc89)ccc6-7)cc5)cc4)cc3)ccc2-c2ccc(N(c3cccc4ccccc34)c3cccc4ccccc34)cc21.